The van der Waals surface area contributed by atoms with Crippen LogP contribution in [0, 0.1) is 13.8 Å². The number of aromatic carboxylic acids is 1. The van der Waals surface area contributed by atoms with Gasteiger partial charge in [0.1, 0.15) is 0 Å². The van der Waals surface area contributed by atoms with Crippen LogP contribution in [0.2, 0.25) is 0 Å². The van der Waals surface area contributed by atoms with E-state index in [0.717, 1.165) is 0 Å². The molecule has 0 aromatic carbocycles. The zero-order valence-corrected chi connectivity index (χ0v) is 8.24. The first-order chi connectivity index (χ1) is 7.02. The normalized spacial score (nSPS) is 10.8. The first-order valence-electron chi connectivity index (χ1n) is 4.27. The van der Waals surface area contributed by atoms with E-state index in [1.165, 1.54) is 0 Å². The van der Waals surface area contributed by atoms with E-state index in [0.29, 0.717) is 16.6 Å². The molecule has 0 aliphatic heterocycles. The number of fused-ring (bicyclic) bond motifs is 1. The molecule has 6 heteroatoms. The number of aryl methyl sites for hydroxylation is 2. The third-order valence-electron chi connectivity index (χ3n) is 2.30. The number of nitrogens with two attached hydrogens (primary N) is 1. The maximum atomic E-state index is 11.0. The maximum Gasteiger partial charge on any atom is 0.337 e. The highest BCUT2D eigenvalue weighted by molar-refractivity contribution is 5.99. The monoisotopic (exact) mass is 207 g/mol. The molecular formula is C9H9N3O3. The summed E-state index contributed by atoms with van der Waals surface area (Å²) in [6.45, 7) is 3.27. The lowest BCUT2D eigenvalue weighted by atomic mass is 10.1. The lowest BCUT2D eigenvalue weighted by molar-refractivity contribution is 0.0695. The summed E-state index contributed by atoms with van der Waals surface area (Å²) >= 11 is 0. The number of carbonyl (C=O) groups is 1. The Balaban J connectivity index is 2.93. The van der Waals surface area contributed by atoms with E-state index in [-0.39, 0.29) is 17.1 Å². The zero-order chi connectivity index (χ0) is 11.2. The Kier molecular flexibility index (Phi) is 1.85. The van der Waals surface area contributed by atoms with Crippen LogP contribution >= 0.6 is 0 Å². The van der Waals surface area contributed by atoms with Gasteiger partial charge in [-0.25, -0.2) is 9.78 Å². The predicted octanol–water partition coefficient (Wildman–Crippen LogP) is 1.12. The lowest BCUT2D eigenvalue weighted by Gasteiger charge is -2.04. The van der Waals surface area contributed by atoms with E-state index >= 15 is 0 Å². The molecule has 0 unspecified atom stereocenters. The van der Waals surface area contributed by atoms with Gasteiger partial charge in [0.05, 0.1) is 16.6 Å². The third kappa shape index (κ3) is 1.22. The molecule has 0 atom stereocenters. The first-order valence-corrected chi connectivity index (χ1v) is 4.27. The van der Waals surface area contributed by atoms with Gasteiger partial charge in [0.25, 0.3) is 5.71 Å². The maximum absolute atomic E-state index is 11.0. The van der Waals surface area contributed by atoms with E-state index < -0.39 is 5.97 Å². The van der Waals surface area contributed by atoms with Crippen molar-refractivity contribution >= 4 is 22.9 Å². The van der Waals surface area contributed by atoms with Gasteiger partial charge in [-0.05, 0) is 19.4 Å². The average Bonchev–Trinajstić information content (AvgIpc) is 2.46. The van der Waals surface area contributed by atoms with Crippen molar-refractivity contribution in [2.24, 2.45) is 0 Å². The Morgan fingerprint density at radius 1 is 1.47 bits per heavy atom. The molecule has 2 aromatic heterocycles. The van der Waals surface area contributed by atoms with Crippen molar-refractivity contribution in [1.29, 1.82) is 0 Å². The Hall–Kier alpha value is -2.11. The quantitative estimate of drug-likeness (QED) is 0.726. The highest BCUT2D eigenvalue weighted by Crippen LogP contribution is 2.26. The molecule has 0 aliphatic rings. The molecule has 0 aliphatic carbocycles. The number of hydrogen-bond donors (Lipinski definition) is 2. The molecule has 2 rings (SSSR count). The number of pyridine rings is 1. The summed E-state index contributed by atoms with van der Waals surface area (Å²) < 4.78 is 4.87. The van der Waals surface area contributed by atoms with Gasteiger partial charge in [0.2, 0.25) is 0 Å². The summed E-state index contributed by atoms with van der Waals surface area (Å²) in [5.41, 5.74) is 6.90. The fourth-order valence-electron chi connectivity index (χ4n) is 1.64. The van der Waals surface area contributed by atoms with Crippen molar-refractivity contribution in [1.82, 2.24) is 10.1 Å². The summed E-state index contributed by atoms with van der Waals surface area (Å²) in [4.78, 5) is 15.0. The van der Waals surface area contributed by atoms with Crippen LogP contribution in [0.3, 0.4) is 0 Å². The molecule has 78 valence electrons. The fraction of sp³-hybridized carbons (Fsp3) is 0.222. The predicted molar refractivity (Wildman–Crippen MR) is 52.6 cm³/mol. The van der Waals surface area contributed by atoms with Crippen molar-refractivity contribution in [2.45, 2.75) is 13.8 Å². The van der Waals surface area contributed by atoms with Crippen molar-refractivity contribution in [3.05, 3.63) is 16.8 Å². The van der Waals surface area contributed by atoms with E-state index in [1.807, 2.05) is 0 Å². The third-order valence-corrected chi connectivity index (χ3v) is 2.30. The van der Waals surface area contributed by atoms with Crippen molar-refractivity contribution in [2.75, 3.05) is 5.73 Å². The summed E-state index contributed by atoms with van der Waals surface area (Å²) in [6, 6.07) is 0. The second-order valence-electron chi connectivity index (χ2n) is 3.25. The minimum Gasteiger partial charge on any atom is -0.478 e. The summed E-state index contributed by atoms with van der Waals surface area (Å²) in [6.07, 6.45) is 0. The topological polar surface area (TPSA) is 102 Å². The molecule has 0 saturated heterocycles. The Labute approximate surface area is 84.7 Å². The number of anilines is 1. The van der Waals surface area contributed by atoms with Gasteiger partial charge in [-0.2, -0.15) is 0 Å². The standard InChI is InChI=1S/C9H9N3O3/c1-3-5(9(13)14)4(2)11-8-6(3)7(10)12-15-8/h1-2H3,(H2,10,12)(H,13,14). The zero-order valence-electron chi connectivity index (χ0n) is 8.24. The smallest absolute Gasteiger partial charge is 0.337 e. The largest absolute Gasteiger partial charge is 0.478 e. The molecule has 0 amide bonds. The Morgan fingerprint density at radius 2 is 2.13 bits per heavy atom. The highest BCUT2D eigenvalue weighted by Gasteiger charge is 2.19. The highest BCUT2D eigenvalue weighted by atomic mass is 16.5. The van der Waals surface area contributed by atoms with Crippen LogP contribution in [-0.2, 0) is 0 Å². The van der Waals surface area contributed by atoms with Crippen LogP contribution in [0.1, 0.15) is 21.6 Å². The number of hydrogen-bond acceptors (Lipinski definition) is 5. The van der Waals surface area contributed by atoms with Crippen molar-refractivity contribution in [3.63, 3.8) is 0 Å². The molecule has 0 fully saturated rings. The van der Waals surface area contributed by atoms with Gasteiger partial charge in [-0.3, -0.25) is 0 Å². The number of rotatable bonds is 1. The van der Waals surface area contributed by atoms with Crippen LogP contribution in [0.4, 0.5) is 5.82 Å². The molecule has 2 heterocycles. The number of carboxylic acids is 1. The molecule has 0 spiro atoms. The minimum atomic E-state index is -1.03. The number of carboxylic acid groups (broad SMARTS) is 1. The summed E-state index contributed by atoms with van der Waals surface area (Å²) in [7, 11) is 0. The molecule has 0 radical (unpaired) electrons. The van der Waals surface area contributed by atoms with Crippen molar-refractivity contribution in [3.8, 4) is 0 Å². The Morgan fingerprint density at radius 3 is 2.73 bits per heavy atom. The minimum absolute atomic E-state index is 0.150. The lowest BCUT2D eigenvalue weighted by Crippen LogP contribution is -2.05. The number of nitrogen functional groups attached to an aromatic ring is 1. The van der Waals surface area contributed by atoms with Crippen LogP contribution < -0.4 is 5.73 Å². The van der Waals surface area contributed by atoms with E-state index in [1.54, 1.807) is 13.8 Å². The van der Waals surface area contributed by atoms with Crippen molar-refractivity contribution < 1.29 is 14.4 Å². The molecule has 2 aromatic rings. The SMILES string of the molecule is Cc1nc2onc(N)c2c(C)c1C(=O)O. The molecule has 0 saturated carbocycles. The van der Waals surface area contributed by atoms with E-state index in [4.69, 9.17) is 15.4 Å². The summed E-state index contributed by atoms with van der Waals surface area (Å²) in [5, 5.41) is 13.0. The second kappa shape index (κ2) is 2.94. The van der Waals surface area contributed by atoms with Gasteiger partial charge >= 0.3 is 5.97 Å². The fourth-order valence-corrected chi connectivity index (χ4v) is 1.64. The Bertz CT molecular complexity index is 559. The number of nitrogens with zero attached hydrogens (tertiary/aromatic N) is 2. The van der Waals surface area contributed by atoms with Gasteiger partial charge in [-0.15, -0.1) is 0 Å². The van der Waals surface area contributed by atoms with Crippen LogP contribution in [0.5, 0.6) is 0 Å². The molecule has 3 N–H and O–H groups in total. The van der Waals surface area contributed by atoms with Gasteiger partial charge in [0.15, 0.2) is 5.82 Å². The molecule has 6 nitrogen and oxygen atoms in total. The average molecular weight is 207 g/mol. The van der Waals surface area contributed by atoms with Gasteiger partial charge in [-0.1, -0.05) is 5.16 Å². The first kappa shape index (κ1) is 9.45. The molecule has 0 bridgehead atoms. The van der Waals surface area contributed by atoms with Crippen LogP contribution in [-0.4, -0.2) is 21.2 Å². The van der Waals surface area contributed by atoms with E-state index in [9.17, 15) is 4.79 Å². The van der Waals surface area contributed by atoms with Crippen LogP contribution in [0.15, 0.2) is 4.52 Å². The van der Waals surface area contributed by atoms with Gasteiger partial charge < -0.3 is 15.4 Å². The number of aromatic nitrogens is 2. The molecular weight excluding hydrogens is 198 g/mol. The van der Waals surface area contributed by atoms with E-state index in [2.05, 4.69) is 10.1 Å². The van der Waals surface area contributed by atoms with Gasteiger partial charge in [0, 0.05) is 0 Å². The second-order valence-corrected chi connectivity index (χ2v) is 3.25. The molecule has 15 heavy (non-hydrogen) atoms. The van der Waals surface area contributed by atoms with Crippen LogP contribution in [0.25, 0.3) is 11.1 Å². The summed E-state index contributed by atoms with van der Waals surface area (Å²) in [5.74, 6) is -0.863.